The van der Waals surface area contributed by atoms with E-state index in [4.69, 9.17) is 9.26 Å². The predicted molar refractivity (Wildman–Crippen MR) is 143 cm³/mol. The first-order chi connectivity index (χ1) is 19.4. The summed E-state index contributed by atoms with van der Waals surface area (Å²) in [5, 5.41) is 18.1. The molecule has 0 bridgehead atoms. The molecule has 1 aromatic carbocycles. The topological polar surface area (TPSA) is 131 Å². The summed E-state index contributed by atoms with van der Waals surface area (Å²) < 4.78 is 28.4. The molecule has 2 aliphatic heterocycles. The van der Waals surface area contributed by atoms with E-state index in [1.54, 1.807) is 18.3 Å². The van der Waals surface area contributed by atoms with Gasteiger partial charge in [-0.2, -0.15) is 15.3 Å². The number of aromatic nitrogens is 6. The monoisotopic (exact) mass is 545 g/mol. The van der Waals surface area contributed by atoms with Gasteiger partial charge < -0.3 is 19.1 Å². The summed E-state index contributed by atoms with van der Waals surface area (Å²) in [7, 11) is 0. The molecule has 0 N–H and O–H groups in total. The minimum absolute atomic E-state index is 0.101. The molecule has 40 heavy (non-hydrogen) atoms. The number of nitriles is 1. The first-order valence-electron chi connectivity index (χ1n) is 13.2. The third-order valence-corrected chi connectivity index (χ3v) is 7.26. The Morgan fingerprint density at radius 2 is 1.93 bits per heavy atom. The number of ether oxygens (including phenoxy) is 1. The largest absolute Gasteiger partial charge is 0.379 e. The van der Waals surface area contributed by atoms with Crippen LogP contribution in [-0.2, 0) is 4.74 Å². The average molecular weight is 546 g/mol. The van der Waals surface area contributed by atoms with Crippen LogP contribution in [0.15, 0.2) is 46.1 Å². The van der Waals surface area contributed by atoms with Crippen molar-refractivity contribution >= 4 is 11.8 Å². The zero-order valence-electron chi connectivity index (χ0n) is 22.2. The first-order valence-corrected chi connectivity index (χ1v) is 13.2. The Morgan fingerprint density at radius 1 is 1.12 bits per heavy atom. The summed E-state index contributed by atoms with van der Waals surface area (Å²) >= 11 is 0. The maximum absolute atomic E-state index is 15.2. The molecule has 0 amide bonds. The highest BCUT2D eigenvalue weighted by Crippen LogP contribution is 2.28. The van der Waals surface area contributed by atoms with Crippen LogP contribution >= 0.6 is 0 Å². The van der Waals surface area contributed by atoms with Crippen LogP contribution in [0.4, 0.5) is 16.2 Å². The molecule has 12 nitrogen and oxygen atoms in total. The molecule has 6 rings (SSSR count). The maximum atomic E-state index is 15.2. The van der Waals surface area contributed by atoms with Gasteiger partial charge in [0.15, 0.2) is 0 Å². The molecule has 1 atom stereocenters. The number of halogens is 1. The summed E-state index contributed by atoms with van der Waals surface area (Å²) in [6, 6.07) is 8.37. The van der Waals surface area contributed by atoms with Gasteiger partial charge in [-0.25, -0.2) is 23.4 Å². The van der Waals surface area contributed by atoms with Gasteiger partial charge in [-0.1, -0.05) is 19.9 Å². The Morgan fingerprint density at radius 3 is 2.60 bits per heavy atom. The van der Waals surface area contributed by atoms with Gasteiger partial charge in [0.25, 0.3) is 5.95 Å². The molecular weight excluding hydrogens is 517 g/mol. The highest BCUT2D eigenvalue weighted by atomic mass is 19.1. The van der Waals surface area contributed by atoms with Gasteiger partial charge in [0, 0.05) is 50.5 Å². The minimum Gasteiger partial charge on any atom is -0.379 e. The number of hydrogen-bond donors (Lipinski definition) is 0. The van der Waals surface area contributed by atoms with Crippen molar-refractivity contribution < 1.29 is 13.7 Å². The van der Waals surface area contributed by atoms with Crippen molar-refractivity contribution in [3.05, 3.63) is 64.5 Å². The number of benzene rings is 1. The minimum atomic E-state index is -0.581. The smallest absolute Gasteiger partial charge is 0.350 e. The number of anilines is 2. The molecule has 3 aromatic heterocycles. The quantitative estimate of drug-likeness (QED) is 0.356. The van der Waals surface area contributed by atoms with E-state index in [0.717, 1.165) is 0 Å². The molecule has 13 heteroatoms. The fourth-order valence-corrected chi connectivity index (χ4v) is 4.99. The van der Waals surface area contributed by atoms with Crippen molar-refractivity contribution in [3.63, 3.8) is 0 Å². The first kappa shape index (κ1) is 25.7. The number of hydrogen-bond acceptors (Lipinski definition) is 10. The highest BCUT2D eigenvalue weighted by Gasteiger charge is 2.25. The van der Waals surface area contributed by atoms with Crippen LogP contribution in [0.5, 0.6) is 0 Å². The molecule has 4 aromatic rings. The van der Waals surface area contributed by atoms with Crippen molar-refractivity contribution in [1.82, 2.24) is 29.5 Å². The van der Waals surface area contributed by atoms with E-state index >= 15 is 4.39 Å². The van der Waals surface area contributed by atoms with Crippen LogP contribution in [0.3, 0.4) is 0 Å². The van der Waals surface area contributed by atoms with Crippen molar-refractivity contribution in [2.45, 2.75) is 32.2 Å². The maximum Gasteiger partial charge on any atom is 0.350 e. The van der Waals surface area contributed by atoms with Gasteiger partial charge in [0.1, 0.15) is 24.0 Å². The van der Waals surface area contributed by atoms with Crippen LogP contribution in [0, 0.1) is 17.1 Å². The van der Waals surface area contributed by atoms with Crippen LogP contribution < -0.4 is 15.5 Å². The fraction of sp³-hybridized carbons (Fsp3) is 0.407. The van der Waals surface area contributed by atoms with Crippen molar-refractivity contribution in [3.8, 4) is 22.9 Å². The Bertz CT molecular complexity index is 1620. The summed E-state index contributed by atoms with van der Waals surface area (Å²) in [6.45, 7) is 7.55. The number of rotatable bonds is 6. The van der Waals surface area contributed by atoms with E-state index in [0.29, 0.717) is 80.2 Å². The molecule has 0 spiro atoms. The van der Waals surface area contributed by atoms with Gasteiger partial charge in [-0.05, 0) is 35.3 Å². The Balaban J connectivity index is 1.19. The lowest BCUT2D eigenvalue weighted by Crippen LogP contribution is -2.47. The zero-order chi connectivity index (χ0) is 27.8. The lowest BCUT2D eigenvalue weighted by atomic mass is 10.0. The highest BCUT2D eigenvalue weighted by molar-refractivity contribution is 5.69. The summed E-state index contributed by atoms with van der Waals surface area (Å²) in [4.78, 5) is 26.0. The molecule has 2 aliphatic rings. The van der Waals surface area contributed by atoms with Gasteiger partial charge in [0.05, 0.1) is 23.9 Å². The number of nitrogens with zero attached hydrogens (tertiary/aromatic N) is 9. The van der Waals surface area contributed by atoms with Gasteiger partial charge in [-0.3, -0.25) is 0 Å². The third-order valence-electron chi connectivity index (χ3n) is 7.26. The molecule has 0 radical (unpaired) electrons. The van der Waals surface area contributed by atoms with E-state index in [-0.39, 0.29) is 17.6 Å². The van der Waals surface area contributed by atoms with Crippen LogP contribution in [-0.4, -0.2) is 68.9 Å². The van der Waals surface area contributed by atoms with Crippen molar-refractivity contribution in [2.24, 2.45) is 0 Å². The second kappa shape index (κ2) is 10.5. The number of piperazine rings is 1. The third kappa shape index (κ3) is 4.71. The molecule has 0 saturated carbocycles. The molecule has 0 aliphatic carbocycles. The molecule has 2 saturated heterocycles. The molecule has 5 heterocycles. The van der Waals surface area contributed by atoms with E-state index in [1.165, 1.54) is 27.7 Å². The summed E-state index contributed by atoms with van der Waals surface area (Å²) in [6.07, 6.45) is 3.65. The SMILES string of the molecule is CC(C)c1nc(N2CCN(c3ncc(-c4ccc(-n5cnn([C@H]6CCOC6)c5=O)c(F)c4)cc3C#N)CC2)no1. The zero-order valence-corrected chi connectivity index (χ0v) is 22.2. The van der Waals surface area contributed by atoms with Gasteiger partial charge in [-0.15, -0.1) is 0 Å². The Hall–Kier alpha value is -4.57. The Kier molecular flexibility index (Phi) is 6.77. The predicted octanol–water partition coefficient (Wildman–Crippen LogP) is 2.90. The van der Waals surface area contributed by atoms with E-state index < -0.39 is 11.5 Å². The van der Waals surface area contributed by atoms with Crippen molar-refractivity contribution in [1.29, 1.82) is 5.26 Å². The molecular formula is C27H28FN9O3. The standard InChI is InChI=1S/C27H28FN9O3/c1-17(2)25-32-26(33-40-25)35-8-6-34(7-9-35)24-19(13-29)11-20(14-30-24)18-3-4-23(22(28)12-18)36-16-31-37(27(36)38)21-5-10-39-15-21/h3-4,11-12,14,16-17,21H,5-10,15H2,1-2H3/t21-/m0/s1. The van der Waals surface area contributed by atoms with Gasteiger partial charge in [0.2, 0.25) is 5.89 Å². The van der Waals surface area contributed by atoms with Gasteiger partial charge >= 0.3 is 5.69 Å². The molecule has 206 valence electrons. The second-order valence-electron chi connectivity index (χ2n) is 10.2. The van der Waals surface area contributed by atoms with Crippen LogP contribution in [0.1, 0.15) is 43.7 Å². The number of pyridine rings is 1. The second-order valence-corrected chi connectivity index (χ2v) is 10.2. The Labute approximate surface area is 229 Å². The van der Waals surface area contributed by atoms with E-state index in [2.05, 4.69) is 26.3 Å². The summed E-state index contributed by atoms with van der Waals surface area (Å²) in [5.41, 5.74) is 1.23. The normalized spacial score (nSPS) is 17.5. The van der Waals surface area contributed by atoms with Crippen molar-refractivity contribution in [2.75, 3.05) is 49.2 Å². The van der Waals surface area contributed by atoms with E-state index in [1.807, 2.05) is 23.6 Å². The lowest BCUT2D eigenvalue weighted by Gasteiger charge is -2.35. The van der Waals surface area contributed by atoms with Crippen LogP contribution in [0.2, 0.25) is 0 Å². The molecule has 0 unspecified atom stereocenters. The van der Waals surface area contributed by atoms with Crippen LogP contribution in [0.25, 0.3) is 16.8 Å². The lowest BCUT2D eigenvalue weighted by molar-refractivity contribution is 0.183. The average Bonchev–Trinajstić information content (AvgIpc) is 3.74. The summed E-state index contributed by atoms with van der Waals surface area (Å²) in [5.74, 6) is 1.33. The molecule has 2 fully saturated rings. The fourth-order valence-electron chi connectivity index (χ4n) is 4.99. The van der Waals surface area contributed by atoms with E-state index in [9.17, 15) is 10.1 Å².